The van der Waals surface area contributed by atoms with Crippen LogP contribution in [0.4, 0.5) is 0 Å². The first-order valence-electron chi connectivity index (χ1n) is 5.32. The van der Waals surface area contributed by atoms with E-state index in [2.05, 4.69) is 65.1 Å². The minimum Gasteiger partial charge on any atom is -0.134 e. The zero-order valence-corrected chi connectivity index (χ0v) is 12.5. The lowest BCUT2D eigenvalue weighted by atomic mass is 10.2. The highest BCUT2D eigenvalue weighted by atomic mass is 127. The van der Waals surface area contributed by atoms with Gasteiger partial charge >= 0.3 is 0 Å². The standard InChI is InChI=1S/C14H7IS2/c15-8-5-6-10-12(7-8)17-13-9-3-1-2-4-11(9)16-14(10)13/h1-7H. The summed E-state index contributed by atoms with van der Waals surface area (Å²) in [6.07, 6.45) is 0. The molecule has 0 atom stereocenters. The maximum absolute atomic E-state index is 2.38. The number of hydrogen-bond acceptors (Lipinski definition) is 2. The van der Waals surface area contributed by atoms with Crippen molar-refractivity contribution in [1.29, 1.82) is 0 Å². The Balaban J connectivity index is 2.29. The van der Waals surface area contributed by atoms with E-state index in [1.807, 2.05) is 22.7 Å². The molecule has 2 aromatic carbocycles. The fourth-order valence-electron chi connectivity index (χ4n) is 2.18. The number of hydrogen-bond donors (Lipinski definition) is 0. The van der Waals surface area contributed by atoms with E-state index in [-0.39, 0.29) is 0 Å². The first-order valence-corrected chi connectivity index (χ1v) is 8.03. The zero-order chi connectivity index (χ0) is 11.4. The molecule has 0 aliphatic heterocycles. The Kier molecular flexibility index (Phi) is 2.22. The highest BCUT2D eigenvalue weighted by Crippen LogP contribution is 2.44. The number of fused-ring (bicyclic) bond motifs is 5. The molecule has 0 spiro atoms. The van der Waals surface area contributed by atoms with Crippen LogP contribution in [0.15, 0.2) is 42.5 Å². The molecule has 0 aliphatic rings. The molecule has 0 saturated heterocycles. The summed E-state index contributed by atoms with van der Waals surface area (Å²) in [5, 5.41) is 2.82. The van der Waals surface area contributed by atoms with Crippen molar-refractivity contribution in [3.8, 4) is 0 Å². The molecule has 0 bridgehead atoms. The van der Waals surface area contributed by atoms with Crippen LogP contribution in [-0.4, -0.2) is 0 Å². The van der Waals surface area contributed by atoms with Gasteiger partial charge in [0.15, 0.2) is 0 Å². The van der Waals surface area contributed by atoms with E-state index < -0.39 is 0 Å². The second-order valence-electron chi connectivity index (χ2n) is 4.00. The summed E-state index contributed by atoms with van der Waals surface area (Å²) in [4.78, 5) is 0. The molecule has 4 rings (SSSR count). The van der Waals surface area contributed by atoms with Gasteiger partial charge < -0.3 is 0 Å². The molecule has 17 heavy (non-hydrogen) atoms. The van der Waals surface area contributed by atoms with Gasteiger partial charge in [-0.15, -0.1) is 22.7 Å². The van der Waals surface area contributed by atoms with Crippen LogP contribution in [0.3, 0.4) is 0 Å². The van der Waals surface area contributed by atoms with Crippen molar-refractivity contribution in [2.45, 2.75) is 0 Å². The number of halogens is 1. The van der Waals surface area contributed by atoms with Crippen LogP contribution >= 0.6 is 45.3 Å². The van der Waals surface area contributed by atoms with Crippen molar-refractivity contribution in [2.75, 3.05) is 0 Å². The monoisotopic (exact) mass is 366 g/mol. The Labute approximate surface area is 120 Å². The Morgan fingerprint density at radius 1 is 0.765 bits per heavy atom. The smallest absolute Gasteiger partial charge is 0.0542 e. The summed E-state index contributed by atoms with van der Waals surface area (Å²) in [5.41, 5.74) is 0. The van der Waals surface area contributed by atoms with Gasteiger partial charge in [-0.05, 0) is 40.8 Å². The predicted octanol–water partition coefficient (Wildman–Crippen LogP) is 5.87. The molecule has 0 nitrogen and oxygen atoms in total. The summed E-state index contributed by atoms with van der Waals surface area (Å²) in [6, 6.07) is 15.4. The van der Waals surface area contributed by atoms with Crippen LogP contribution in [0.5, 0.6) is 0 Å². The van der Waals surface area contributed by atoms with Gasteiger partial charge in [0.25, 0.3) is 0 Å². The lowest BCUT2D eigenvalue weighted by Gasteiger charge is -1.90. The molecule has 0 saturated carbocycles. The van der Waals surface area contributed by atoms with Crippen LogP contribution in [0.2, 0.25) is 0 Å². The van der Waals surface area contributed by atoms with Crippen molar-refractivity contribution < 1.29 is 0 Å². The van der Waals surface area contributed by atoms with E-state index in [9.17, 15) is 0 Å². The minimum atomic E-state index is 1.31. The van der Waals surface area contributed by atoms with E-state index in [0.717, 1.165) is 0 Å². The van der Waals surface area contributed by atoms with E-state index in [0.29, 0.717) is 0 Å². The molecular formula is C14H7IS2. The maximum Gasteiger partial charge on any atom is 0.0542 e. The summed E-state index contributed by atoms with van der Waals surface area (Å²) in [5.74, 6) is 0. The molecule has 0 amide bonds. The summed E-state index contributed by atoms with van der Waals surface area (Å²) < 4.78 is 7.01. The van der Waals surface area contributed by atoms with Gasteiger partial charge in [-0.3, -0.25) is 0 Å². The van der Waals surface area contributed by atoms with Crippen LogP contribution < -0.4 is 0 Å². The van der Waals surface area contributed by atoms with E-state index in [4.69, 9.17) is 0 Å². The van der Waals surface area contributed by atoms with Crippen LogP contribution in [-0.2, 0) is 0 Å². The van der Waals surface area contributed by atoms with Gasteiger partial charge in [0.1, 0.15) is 0 Å². The average molecular weight is 366 g/mol. The van der Waals surface area contributed by atoms with Crippen LogP contribution in [0.1, 0.15) is 0 Å². The Hall–Kier alpha value is -0.650. The van der Waals surface area contributed by atoms with Crippen molar-refractivity contribution in [3.05, 3.63) is 46.0 Å². The molecule has 0 radical (unpaired) electrons. The maximum atomic E-state index is 2.38. The van der Waals surface area contributed by atoms with Crippen LogP contribution in [0.25, 0.3) is 29.6 Å². The second kappa shape index (κ2) is 3.67. The molecular weight excluding hydrogens is 359 g/mol. The fraction of sp³-hybridized carbons (Fsp3) is 0. The second-order valence-corrected chi connectivity index (χ2v) is 7.35. The molecule has 2 aromatic heterocycles. The van der Waals surface area contributed by atoms with E-state index in [1.165, 1.54) is 33.1 Å². The van der Waals surface area contributed by atoms with Crippen molar-refractivity contribution in [3.63, 3.8) is 0 Å². The van der Waals surface area contributed by atoms with Gasteiger partial charge in [0.2, 0.25) is 0 Å². The quantitative estimate of drug-likeness (QED) is 0.341. The topological polar surface area (TPSA) is 0 Å². The number of benzene rings is 2. The Morgan fingerprint density at radius 3 is 2.35 bits per heavy atom. The SMILES string of the molecule is Ic1ccc2c(c1)sc1c3ccccc3sc21. The summed E-state index contributed by atoms with van der Waals surface area (Å²) in [6.45, 7) is 0. The summed E-state index contributed by atoms with van der Waals surface area (Å²) >= 11 is 6.21. The summed E-state index contributed by atoms with van der Waals surface area (Å²) in [7, 11) is 0. The molecule has 3 heteroatoms. The molecule has 0 fully saturated rings. The largest absolute Gasteiger partial charge is 0.134 e. The van der Waals surface area contributed by atoms with Crippen molar-refractivity contribution in [2.24, 2.45) is 0 Å². The van der Waals surface area contributed by atoms with Crippen LogP contribution in [0, 0.1) is 3.57 Å². The Bertz CT molecular complexity index is 854. The van der Waals surface area contributed by atoms with Gasteiger partial charge in [-0.2, -0.15) is 0 Å². The lowest BCUT2D eigenvalue weighted by molar-refractivity contribution is 1.77. The Morgan fingerprint density at radius 2 is 1.47 bits per heavy atom. The van der Waals surface area contributed by atoms with Gasteiger partial charge in [-0.25, -0.2) is 0 Å². The van der Waals surface area contributed by atoms with E-state index >= 15 is 0 Å². The normalized spacial score (nSPS) is 11.8. The fourth-order valence-corrected chi connectivity index (χ4v) is 5.57. The third-order valence-corrected chi connectivity index (χ3v) is 6.14. The highest BCUT2D eigenvalue weighted by molar-refractivity contribution is 14.1. The van der Waals surface area contributed by atoms with E-state index in [1.54, 1.807) is 0 Å². The lowest BCUT2D eigenvalue weighted by Crippen LogP contribution is -1.66. The first kappa shape index (κ1) is 10.3. The molecule has 0 aliphatic carbocycles. The average Bonchev–Trinajstić information content (AvgIpc) is 2.84. The third kappa shape index (κ3) is 1.46. The molecule has 2 heterocycles. The third-order valence-electron chi connectivity index (χ3n) is 2.95. The number of thiophene rings is 2. The molecule has 4 aromatic rings. The highest BCUT2D eigenvalue weighted by Gasteiger charge is 2.11. The minimum absolute atomic E-state index is 1.31. The predicted molar refractivity (Wildman–Crippen MR) is 87.4 cm³/mol. The molecule has 0 unspecified atom stereocenters. The van der Waals surface area contributed by atoms with Crippen molar-refractivity contribution in [1.82, 2.24) is 0 Å². The first-order chi connectivity index (χ1) is 8.33. The van der Waals surface area contributed by atoms with Gasteiger partial charge in [0.05, 0.1) is 9.40 Å². The van der Waals surface area contributed by atoms with Crippen molar-refractivity contribution >= 4 is 74.8 Å². The van der Waals surface area contributed by atoms with Gasteiger partial charge in [0, 0.05) is 23.7 Å². The van der Waals surface area contributed by atoms with Gasteiger partial charge in [-0.1, -0.05) is 24.3 Å². The molecule has 0 N–H and O–H groups in total. The molecule has 82 valence electrons. The zero-order valence-electron chi connectivity index (χ0n) is 8.74. The number of rotatable bonds is 0.